The van der Waals surface area contributed by atoms with Crippen molar-refractivity contribution in [1.29, 1.82) is 0 Å². The monoisotopic (exact) mass is 564 g/mol. The maximum absolute atomic E-state index is 14.4. The predicted octanol–water partition coefficient (Wildman–Crippen LogP) is 5.11. The molecule has 5 aromatic rings. The number of halogens is 1. The molecule has 0 saturated carbocycles. The second kappa shape index (κ2) is 11.9. The van der Waals surface area contributed by atoms with Crippen molar-refractivity contribution in [2.24, 2.45) is 0 Å². The fourth-order valence-corrected chi connectivity index (χ4v) is 4.98. The molecule has 3 aromatic heterocycles. The van der Waals surface area contributed by atoms with Crippen LogP contribution in [0, 0.1) is 12.7 Å². The van der Waals surface area contributed by atoms with E-state index >= 15 is 0 Å². The first-order chi connectivity index (χ1) is 20.4. The number of para-hydroxylation sites is 1. The third-order valence-electron chi connectivity index (χ3n) is 7.14. The van der Waals surface area contributed by atoms with Crippen LogP contribution in [0.4, 0.5) is 10.1 Å². The number of likely N-dealkylation sites (tertiary alicyclic amines) is 1. The van der Waals surface area contributed by atoms with Crippen LogP contribution in [-0.4, -0.2) is 62.8 Å². The van der Waals surface area contributed by atoms with Gasteiger partial charge in [0.05, 0.1) is 16.8 Å². The van der Waals surface area contributed by atoms with Crippen LogP contribution >= 0.6 is 0 Å². The van der Waals surface area contributed by atoms with Gasteiger partial charge in [-0.25, -0.2) is 9.18 Å². The molecule has 4 heterocycles. The van der Waals surface area contributed by atoms with Gasteiger partial charge in [-0.3, -0.25) is 24.3 Å². The molecule has 1 N–H and O–H groups in total. The first kappa shape index (κ1) is 27.2. The molecule has 0 atom stereocenters. The SMILES string of the molecule is Cc1cccc(-c2nn(CC(=O)Nc3cc(F)cc(C(=O)OCCN4CCC4)c3)cc2-c2ccnc3ccccc23)n1. The third-order valence-corrected chi connectivity index (χ3v) is 7.14. The average Bonchev–Trinajstić information content (AvgIpc) is 3.37. The maximum Gasteiger partial charge on any atom is 0.338 e. The van der Waals surface area contributed by atoms with Gasteiger partial charge in [0.25, 0.3) is 0 Å². The summed E-state index contributed by atoms with van der Waals surface area (Å²) < 4.78 is 21.2. The van der Waals surface area contributed by atoms with Crippen molar-refractivity contribution in [3.05, 3.63) is 96.2 Å². The van der Waals surface area contributed by atoms with Crippen molar-refractivity contribution >= 4 is 28.5 Å². The number of carbonyl (C=O) groups excluding carboxylic acids is 2. The van der Waals surface area contributed by atoms with E-state index in [0.29, 0.717) is 17.9 Å². The second-order valence-corrected chi connectivity index (χ2v) is 10.2. The molecule has 1 amide bonds. The summed E-state index contributed by atoms with van der Waals surface area (Å²) in [4.78, 5) is 36.9. The lowest BCUT2D eigenvalue weighted by Gasteiger charge is -2.30. The molecule has 0 unspecified atom stereocenters. The van der Waals surface area contributed by atoms with Crippen molar-refractivity contribution in [2.45, 2.75) is 19.9 Å². The molecule has 0 bridgehead atoms. The molecule has 2 aromatic carbocycles. The minimum Gasteiger partial charge on any atom is -0.461 e. The number of esters is 1. The molecule has 10 heteroatoms. The Morgan fingerprint density at radius 1 is 1.02 bits per heavy atom. The first-order valence-electron chi connectivity index (χ1n) is 13.8. The number of amides is 1. The Morgan fingerprint density at radius 3 is 2.69 bits per heavy atom. The minimum absolute atomic E-state index is 0.0349. The maximum atomic E-state index is 14.4. The highest BCUT2D eigenvalue weighted by Gasteiger charge is 2.19. The van der Waals surface area contributed by atoms with Crippen molar-refractivity contribution < 1.29 is 18.7 Å². The first-order valence-corrected chi connectivity index (χ1v) is 13.8. The molecule has 1 fully saturated rings. The van der Waals surface area contributed by atoms with Gasteiger partial charge in [0, 0.05) is 41.3 Å². The number of hydrogen-bond donors (Lipinski definition) is 1. The number of anilines is 1. The molecular weight excluding hydrogens is 535 g/mol. The van der Waals surface area contributed by atoms with Gasteiger partial charge in [0.1, 0.15) is 24.7 Å². The van der Waals surface area contributed by atoms with Gasteiger partial charge in [-0.05, 0) is 74.5 Å². The third kappa shape index (κ3) is 6.03. The molecule has 42 heavy (non-hydrogen) atoms. The van der Waals surface area contributed by atoms with Gasteiger partial charge >= 0.3 is 5.97 Å². The Balaban J connectivity index is 1.23. The number of ether oxygens (including phenoxy) is 1. The molecule has 1 saturated heterocycles. The molecular formula is C32H29FN6O3. The van der Waals surface area contributed by atoms with Crippen LogP contribution < -0.4 is 5.32 Å². The van der Waals surface area contributed by atoms with Gasteiger partial charge in [-0.2, -0.15) is 5.10 Å². The summed E-state index contributed by atoms with van der Waals surface area (Å²) in [6.45, 7) is 4.62. The number of fused-ring (bicyclic) bond motifs is 1. The van der Waals surface area contributed by atoms with Crippen molar-refractivity contribution in [1.82, 2.24) is 24.6 Å². The van der Waals surface area contributed by atoms with Crippen molar-refractivity contribution in [2.75, 3.05) is 31.6 Å². The molecule has 1 aliphatic rings. The smallest absolute Gasteiger partial charge is 0.338 e. The molecule has 1 aliphatic heterocycles. The minimum atomic E-state index is -0.652. The van der Waals surface area contributed by atoms with Crippen LogP contribution in [0.5, 0.6) is 0 Å². The molecule has 0 aliphatic carbocycles. The number of hydrogen-bond acceptors (Lipinski definition) is 7. The summed E-state index contributed by atoms with van der Waals surface area (Å²) in [7, 11) is 0. The summed E-state index contributed by atoms with van der Waals surface area (Å²) >= 11 is 0. The number of nitrogens with one attached hydrogen (secondary N) is 1. The van der Waals surface area contributed by atoms with Crippen LogP contribution in [0.2, 0.25) is 0 Å². The van der Waals surface area contributed by atoms with E-state index in [-0.39, 0.29) is 24.4 Å². The molecule has 0 radical (unpaired) electrons. The zero-order valence-corrected chi connectivity index (χ0v) is 23.1. The predicted molar refractivity (Wildman–Crippen MR) is 157 cm³/mol. The standard InChI is InChI=1S/C32H29FN6O3/c1-21-6-4-9-29(35-21)31-27(25-10-11-34-28-8-3-2-7-26(25)28)19-39(37-31)20-30(40)36-24-17-22(16-23(33)18-24)32(41)42-15-14-38-12-5-13-38/h2-4,6-11,16-19H,5,12-15,20H2,1H3,(H,36,40). The van der Waals surface area contributed by atoms with E-state index in [4.69, 9.17) is 9.84 Å². The fraction of sp³-hybridized carbons (Fsp3) is 0.219. The number of pyridine rings is 2. The summed E-state index contributed by atoms with van der Waals surface area (Å²) in [5.74, 6) is -1.72. The number of rotatable bonds is 9. The van der Waals surface area contributed by atoms with Crippen molar-refractivity contribution in [3.63, 3.8) is 0 Å². The van der Waals surface area contributed by atoms with E-state index < -0.39 is 17.7 Å². The van der Waals surface area contributed by atoms with Gasteiger partial charge in [0.15, 0.2) is 0 Å². The van der Waals surface area contributed by atoms with Crippen LogP contribution in [0.15, 0.2) is 79.1 Å². The van der Waals surface area contributed by atoms with Crippen LogP contribution in [-0.2, 0) is 16.1 Å². The van der Waals surface area contributed by atoms with E-state index in [1.807, 2.05) is 55.5 Å². The summed E-state index contributed by atoms with van der Waals surface area (Å²) in [5, 5.41) is 8.36. The Hall–Kier alpha value is -4.96. The lowest BCUT2D eigenvalue weighted by atomic mass is 10.0. The number of benzene rings is 2. The number of carbonyl (C=O) groups is 2. The Kier molecular flexibility index (Phi) is 7.70. The van der Waals surface area contributed by atoms with E-state index in [9.17, 15) is 14.0 Å². The van der Waals surface area contributed by atoms with Crippen LogP contribution in [0.1, 0.15) is 22.5 Å². The van der Waals surface area contributed by atoms with Gasteiger partial charge in [-0.15, -0.1) is 0 Å². The van der Waals surface area contributed by atoms with Crippen molar-refractivity contribution in [3.8, 4) is 22.5 Å². The second-order valence-electron chi connectivity index (χ2n) is 10.2. The number of nitrogens with zero attached hydrogens (tertiary/aromatic N) is 5. The quantitative estimate of drug-likeness (QED) is 0.248. The highest BCUT2D eigenvalue weighted by Crippen LogP contribution is 2.34. The summed E-state index contributed by atoms with van der Waals surface area (Å²) in [6, 6.07) is 19.1. The Bertz CT molecular complexity index is 1780. The topological polar surface area (TPSA) is 102 Å². The molecule has 6 rings (SSSR count). The highest BCUT2D eigenvalue weighted by atomic mass is 19.1. The molecule has 0 spiro atoms. The zero-order chi connectivity index (χ0) is 29.1. The summed E-state index contributed by atoms with van der Waals surface area (Å²) in [5.41, 5.74) is 4.87. The van der Waals surface area contributed by atoms with E-state index in [1.165, 1.54) is 10.7 Å². The lowest BCUT2D eigenvalue weighted by Crippen LogP contribution is -2.39. The summed E-state index contributed by atoms with van der Waals surface area (Å²) in [6.07, 6.45) is 4.69. The lowest BCUT2D eigenvalue weighted by molar-refractivity contribution is -0.116. The molecule has 212 valence electrons. The normalized spacial score (nSPS) is 13.1. The highest BCUT2D eigenvalue weighted by molar-refractivity contribution is 5.98. The van der Waals surface area contributed by atoms with Gasteiger partial charge in [-0.1, -0.05) is 24.3 Å². The molecule has 9 nitrogen and oxygen atoms in total. The van der Waals surface area contributed by atoms with Crippen LogP contribution in [0.25, 0.3) is 33.4 Å². The van der Waals surface area contributed by atoms with E-state index in [2.05, 4.69) is 20.2 Å². The fourth-order valence-electron chi connectivity index (χ4n) is 4.98. The van der Waals surface area contributed by atoms with Crippen LogP contribution in [0.3, 0.4) is 0 Å². The number of aromatic nitrogens is 4. The Labute approximate surface area is 242 Å². The van der Waals surface area contributed by atoms with Gasteiger partial charge < -0.3 is 10.1 Å². The largest absolute Gasteiger partial charge is 0.461 e. The number of aryl methyl sites for hydroxylation is 1. The Morgan fingerprint density at radius 2 is 1.88 bits per heavy atom. The van der Waals surface area contributed by atoms with E-state index in [1.54, 1.807) is 12.4 Å². The van der Waals surface area contributed by atoms with Gasteiger partial charge in [0.2, 0.25) is 5.91 Å². The van der Waals surface area contributed by atoms with E-state index in [0.717, 1.165) is 59.4 Å². The zero-order valence-electron chi connectivity index (χ0n) is 23.1. The average molecular weight is 565 g/mol.